The molecule has 0 aliphatic carbocycles. The van der Waals surface area contributed by atoms with E-state index in [0.29, 0.717) is 0 Å². The van der Waals surface area contributed by atoms with Gasteiger partial charge < -0.3 is 10.2 Å². The van der Waals surface area contributed by atoms with Crippen molar-refractivity contribution in [3.63, 3.8) is 0 Å². The molecule has 2 saturated heterocycles. The van der Waals surface area contributed by atoms with E-state index < -0.39 is 0 Å². The first kappa shape index (κ1) is 16.8. The third kappa shape index (κ3) is 4.72. The van der Waals surface area contributed by atoms with Crippen molar-refractivity contribution in [3.8, 4) is 0 Å². The Kier molecular flexibility index (Phi) is 5.97. The van der Waals surface area contributed by atoms with Crippen molar-refractivity contribution in [1.82, 2.24) is 9.80 Å². The summed E-state index contributed by atoms with van der Waals surface area (Å²) in [7, 11) is 0. The van der Waals surface area contributed by atoms with Gasteiger partial charge in [-0.05, 0) is 42.8 Å². The van der Waals surface area contributed by atoms with Gasteiger partial charge in [-0.3, -0.25) is 9.69 Å². The number of thioether (sulfide) groups is 1. The monoisotopic (exact) mass is 333 g/mol. The molecule has 0 unspecified atom stereocenters. The first-order valence-corrected chi connectivity index (χ1v) is 9.75. The third-order valence-corrected chi connectivity index (χ3v) is 6.14. The predicted molar refractivity (Wildman–Crippen MR) is 97.9 cm³/mol. The first-order valence-electron chi connectivity index (χ1n) is 8.70. The summed E-state index contributed by atoms with van der Waals surface area (Å²) in [6.45, 7) is 9.02. The highest BCUT2D eigenvalue weighted by Crippen LogP contribution is 2.27. The zero-order valence-corrected chi connectivity index (χ0v) is 14.8. The molecule has 2 aliphatic rings. The summed E-state index contributed by atoms with van der Waals surface area (Å²) in [5.41, 5.74) is 2.24. The lowest BCUT2D eigenvalue weighted by atomic mass is 10.1. The van der Waals surface area contributed by atoms with Gasteiger partial charge in [0.2, 0.25) is 5.91 Å². The standard InChI is InChI=1S/C18H27N3OS/c1-2-20-9-11-21(12-10-20)14-15-5-7-16(8-6-15)19-18(22)17-4-3-13-23-17/h5-8,17H,2-4,9-14H2,1H3,(H,19,22)/t17-/m1/s1. The maximum atomic E-state index is 12.1. The maximum absolute atomic E-state index is 12.1. The van der Waals surface area contributed by atoms with Crippen molar-refractivity contribution in [2.45, 2.75) is 31.6 Å². The zero-order chi connectivity index (χ0) is 16.1. The van der Waals surface area contributed by atoms with Gasteiger partial charge in [0.15, 0.2) is 0 Å². The third-order valence-electron chi connectivity index (χ3n) is 4.76. The zero-order valence-electron chi connectivity index (χ0n) is 14.0. The minimum absolute atomic E-state index is 0.143. The summed E-state index contributed by atoms with van der Waals surface area (Å²) in [5.74, 6) is 1.28. The Labute approximate surface area is 143 Å². The quantitative estimate of drug-likeness (QED) is 0.899. The summed E-state index contributed by atoms with van der Waals surface area (Å²) in [6.07, 6.45) is 2.17. The van der Waals surface area contributed by atoms with E-state index in [0.717, 1.165) is 50.5 Å². The number of nitrogens with one attached hydrogen (secondary N) is 1. The van der Waals surface area contributed by atoms with Crippen molar-refractivity contribution in [2.24, 2.45) is 0 Å². The molecule has 0 bridgehead atoms. The maximum Gasteiger partial charge on any atom is 0.237 e. The van der Waals surface area contributed by atoms with Crippen LogP contribution in [0.3, 0.4) is 0 Å². The summed E-state index contributed by atoms with van der Waals surface area (Å²) in [4.78, 5) is 17.1. The van der Waals surface area contributed by atoms with Crippen LogP contribution in [-0.2, 0) is 11.3 Å². The fourth-order valence-corrected chi connectivity index (χ4v) is 4.38. The van der Waals surface area contributed by atoms with Crippen molar-refractivity contribution < 1.29 is 4.79 Å². The molecule has 5 heteroatoms. The van der Waals surface area contributed by atoms with Crippen molar-refractivity contribution in [1.29, 1.82) is 0 Å². The number of rotatable bonds is 5. The van der Waals surface area contributed by atoms with Gasteiger partial charge in [-0.2, -0.15) is 0 Å². The smallest absolute Gasteiger partial charge is 0.237 e. The Bertz CT molecular complexity index is 506. The second kappa shape index (κ2) is 8.18. The molecule has 3 rings (SSSR count). The Morgan fingerprint density at radius 2 is 1.87 bits per heavy atom. The van der Waals surface area contributed by atoms with E-state index in [4.69, 9.17) is 0 Å². The lowest BCUT2D eigenvalue weighted by Crippen LogP contribution is -2.45. The molecule has 1 aromatic carbocycles. The number of benzene rings is 1. The lowest BCUT2D eigenvalue weighted by Gasteiger charge is -2.34. The normalized spacial score (nSPS) is 23.1. The van der Waals surface area contributed by atoms with Crippen molar-refractivity contribution in [3.05, 3.63) is 29.8 Å². The van der Waals surface area contributed by atoms with E-state index in [9.17, 15) is 4.79 Å². The van der Waals surface area contributed by atoms with Crippen LogP contribution in [0.4, 0.5) is 5.69 Å². The van der Waals surface area contributed by atoms with Gasteiger partial charge in [-0.1, -0.05) is 19.1 Å². The number of anilines is 1. The van der Waals surface area contributed by atoms with Crippen LogP contribution in [0.25, 0.3) is 0 Å². The van der Waals surface area contributed by atoms with Gasteiger partial charge in [0.25, 0.3) is 0 Å². The number of carbonyl (C=O) groups is 1. The Balaban J connectivity index is 1.48. The van der Waals surface area contributed by atoms with Gasteiger partial charge in [0.05, 0.1) is 5.25 Å². The first-order chi connectivity index (χ1) is 11.2. The Morgan fingerprint density at radius 1 is 1.17 bits per heavy atom. The van der Waals surface area contributed by atoms with Gasteiger partial charge in [0.1, 0.15) is 0 Å². The molecule has 126 valence electrons. The molecule has 0 spiro atoms. The molecule has 1 atom stereocenters. The minimum atomic E-state index is 0.143. The largest absolute Gasteiger partial charge is 0.325 e. The number of nitrogens with zero attached hydrogens (tertiary/aromatic N) is 2. The van der Waals surface area contributed by atoms with Crippen LogP contribution in [-0.4, -0.2) is 59.4 Å². The number of amides is 1. The summed E-state index contributed by atoms with van der Waals surface area (Å²) >= 11 is 1.78. The molecule has 1 N–H and O–H groups in total. The molecule has 0 saturated carbocycles. The molecule has 2 fully saturated rings. The molecule has 1 amide bonds. The highest BCUT2D eigenvalue weighted by atomic mass is 32.2. The molecule has 23 heavy (non-hydrogen) atoms. The van der Waals surface area contributed by atoms with Crippen LogP contribution in [0.5, 0.6) is 0 Å². The number of hydrogen-bond acceptors (Lipinski definition) is 4. The average molecular weight is 334 g/mol. The second-order valence-electron chi connectivity index (χ2n) is 6.40. The predicted octanol–water partition coefficient (Wildman–Crippen LogP) is 2.66. The SMILES string of the molecule is CCN1CCN(Cc2ccc(NC(=O)[C@H]3CCCS3)cc2)CC1. The van der Waals surface area contributed by atoms with E-state index in [1.54, 1.807) is 11.8 Å². The molecule has 0 aromatic heterocycles. The van der Waals surface area contributed by atoms with Gasteiger partial charge in [-0.15, -0.1) is 11.8 Å². The van der Waals surface area contributed by atoms with Crippen LogP contribution in [0.15, 0.2) is 24.3 Å². The number of piperazine rings is 1. The van der Waals surface area contributed by atoms with Crippen molar-refractivity contribution in [2.75, 3.05) is 43.8 Å². The van der Waals surface area contributed by atoms with Crippen LogP contribution in [0.1, 0.15) is 25.3 Å². The van der Waals surface area contributed by atoms with Gasteiger partial charge >= 0.3 is 0 Å². The second-order valence-corrected chi connectivity index (χ2v) is 7.71. The van der Waals surface area contributed by atoms with E-state index in [2.05, 4.69) is 34.2 Å². The number of hydrogen-bond donors (Lipinski definition) is 1. The fourth-order valence-electron chi connectivity index (χ4n) is 3.22. The molecular formula is C18H27N3OS. The molecule has 2 heterocycles. The molecule has 1 aromatic rings. The van der Waals surface area contributed by atoms with Gasteiger partial charge in [0, 0.05) is 38.4 Å². The summed E-state index contributed by atoms with van der Waals surface area (Å²) < 4.78 is 0. The molecule has 2 aliphatic heterocycles. The lowest BCUT2D eigenvalue weighted by molar-refractivity contribution is -0.115. The van der Waals surface area contributed by atoms with Crippen LogP contribution >= 0.6 is 11.8 Å². The molecular weight excluding hydrogens is 306 g/mol. The van der Waals surface area contributed by atoms with E-state index in [1.807, 2.05) is 12.1 Å². The van der Waals surface area contributed by atoms with E-state index in [-0.39, 0.29) is 11.2 Å². The average Bonchev–Trinajstić information content (AvgIpc) is 3.12. The highest BCUT2D eigenvalue weighted by Gasteiger charge is 2.23. The van der Waals surface area contributed by atoms with Crippen LogP contribution in [0, 0.1) is 0 Å². The highest BCUT2D eigenvalue weighted by molar-refractivity contribution is 8.00. The van der Waals surface area contributed by atoms with E-state index in [1.165, 1.54) is 18.7 Å². The van der Waals surface area contributed by atoms with E-state index >= 15 is 0 Å². The number of carbonyl (C=O) groups excluding carboxylic acids is 1. The van der Waals surface area contributed by atoms with Crippen molar-refractivity contribution >= 4 is 23.4 Å². The molecule has 0 radical (unpaired) electrons. The molecule has 4 nitrogen and oxygen atoms in total. The number of likely N-dealkylation sites (N-methyl/N-ethyl adjacent to an activating group) is 1. The summed E-state index contributed by atoms with van der Waals surface area (Å²) in [6, 6.07) is 8.36. The Hall–Kier alpha value is -1.04. The van der Waals surface area contributed by atoms with Gasteiger partial charge in [-0.25, -0.2) is 0 Å². The summed E-state index contributed by atoms with van der Waals surface area (Å²) in [5, 5.41) is 3.19. The van der Waals surface area contributed by atoms with Crippen LogP contribution < -0.4 is 5.32 Å². The minimum Gasteiger partial charge on any atom is -0.325 e. The topological polar surface area (TPSA) is 35.6 Å². The van der Waals surface area contributed by atoms with Crippen LogP contribution in [0.2, 0.25) is 0 Å². The Morgan fingerprint density at radius 3 is 2.48 bits per heavy atom. The fraction of sp³-hybridized carbons (Fsp3) is 0.611.